The van der Waals surface area contributed by atoms with Crippen molar-refractivity contribution in [3.63, 3.8) is 0 Å². The second kappa shape index (κ2) is 23.2. The van der Waals surface area contributed by atoms with Crippen molar-refractivity contribution in [1.29, 1.82) is 0 Å². The van der Waals surface area contributed by atoms with Crippen LogP contribution in [0.3, 0.4) is 0 Å². The Morgan fingerprint density at radius 2 is 0.846 bits per heavy atom. The van der Waals surface area contributed by atoms with Crippen LogP contribution in [0.2, 0.25) is 0 Å². The first kappa shape index (κ1) is 26.1. The Labute approximate surface area is 165 Å². The van der Waals surface area contributed by atoms with E-state index in [1.807, 2.05) is 6.92 Å². The fourth-order valence-electron chi connectivity index (χ4n) is 3.32. The average Bonchev–Trinajstić information content (AvgIpc) is 2.64. The van der Waals surface area contributed by atoms with Gasteiger partial charge >= 0.3 is 8.25 Å². The van der Waals surface area contributed by atoms with Gasteiger partial charge in [0.25, 0.3) is 0 Å². The van der Waals surface area contributed by atoms with E-state index < -0.39 is 8.25 Å². The van der Waals surface area contributed by atoms with Crippen LogP contribution < -0.4 is 0 Å². The molecular formula is C22H47O3P. The summed E-state index contributed by atoms with van der Waals surface area (Å²) < 4.78 is 21.2. The van der Waals surface area contributed by atoms with Crippen molar-refractivity contribution in [3.8, 4) is 0 Å². The van der Waals surface area contributed by atoms with Crippen LogP contribution in [-0.4, -0.2) is 13.2 Å². The molecule has 0 aliphatic heterocycles. The first-order valence-corrected chi connectivity index (χ1v) is 12.8. The zero-order chi connectivity index (χ0) is 19.1. The number of hydrogen-bond acceptors (Lipinski definition) is 3. The van der Waals surface area contributed by atoms with Crippen LogP contribution in [0.5, 0.6) is 0 Å². The third-order valence-electron chi connectivity index (χ3n) is 4.98. The van der Waals surface area contributed by atoms with E-state index in [4.69, 9.17) is 9.05 Å². The zero-order valence-electron chi connectivity index (χ0n) is 17.9. The van der Waals surface area contributed by atoms with Gasteiger partial charge in [-0.3, -0.25) is 4.57 Å². The molecule has 0 fully saturated rings. The fourth-order valence-corrected chi connectivity index (χ4v) is 3.95. The van der Waals surface area contributed by atoms with Crippen LogP contribution in [0.1, 0.15) is 129 Å². The molecule has 1 atom stereocenters. The maximum atomic E-state index is 11.2. The lowest BCUT2D eigenvalue weighted by atomic mass is 10.0. The highest BCUT2D eigenvalue weighted by atomic mass is 31.1. The van der Waals surface area contributed by atoms with E-state index >= 15 is 0 Å². The second-order valence-corrected chi connectivity index (χ2v) is 8.62. The third kappa shape index (κ3) is 22.2. The lowest BCUT2D eigenvalue weighted by Gasteiger charge is -2.05. The highest BCUT2D eigenvalue weighted by Gasteiger charge is 1.98. The minimum absolute atomic E-state index is 0.469. The van der Waals surface area contributed by atoms with Crippen LogP contribution in [0.4, 0.5) is 0 Å². The predicted octanol–water partition coefficient (Wildman–Crippen LogP) is 8.47. The van der Waals surface area contributed by atoms with Crippen molar-refractivity contribution in [2.75, 3.05) is 13.2 Å². The van der Waals surface area contributed by atoms with Crippen molar-refractivity contribution in [2.45, 2.75) is 129 Å². The van der Waals surface area contributed by atoms with Crippen molar-refractivity contribution >= 4 is 8.25 Å². The predicted molar refractivity (Wildman–Crippen MR) is 115 cm³/mol. The molecule has 0 aromatic carbocycles. The van der Waals surface area contributed by atoms with Gasteiger partial charge in [0, 0.05) is 0 Å². The summed E-state index contributed by atoms with van der Waals surface area (Å²) in [6, 6.07) is 0. The van der Waals surface area contributed by atoms with Gasteiger partial charge in [-0.1, -0.05) is 116 Å². The maximum Gasteiger partial charge on any atom is 0.319 e. The minimum atomic E-state index is -2.21. The molecule has 0 N–H and O–H groups in total. The highest BCUT2D eigenvalue weighted by Crippen LogP contribution is 2.23. The SMILES string of the molecule is CCCCCCCCCCCCCCCCCCCCO[PH](=O)OCC. The normalized spacial score (nSPS) is 12.5. The fraction of sp³-hybridized carbons (Fsp3) is 1.00. The van der Waals surface area contributed by atoms with Crippen LogP contribution in [0.25, 0.3) is 0 Å². The first-order valence-electron chi connectivity index (χ1n) is 11.6. The Hall–Kier alpha value is 0.150. The molecule has 158 valence electrons. The molecule has 0 amide bonds. The second-order valence-electron chi connectivity index (χ2n) is 7.54. The summed E-state index contributed by atoms with van der Waals surface area (Å²) in [7, 11) is -2.21. The van der Waals surface area contributed by atoms with Crippen LogP contribution in [0, 0.1) is 0 Å². The average molecular weight is 391 g/mol. The molecular weight excluding hydrogens is 343 g/mol. The molecule has 3 nitrogen and oxygen atoms in total. The minimum Gasteiger partial charge on any atom is -0.311 e. The van der Waals surface area contributed by atoms with E-state index in [0.717, 1.165) is 6.42 Å². The molecule has 0 spiro atoms. The van der Waals surface area contributed by atoms with Gasteiger partial charge in [0.15, 0.2) is 0 Å². The highest BCUT2D eigenvalue weighted by molar-refractivity contribution is 7.33. The summed E-state index contributed by atoms with van der Waals surface area (Å²) in [5.74, 6) is 0. The Balaban J connectivity index is 3.02. The largest absolute Gasteiger partial charge is 0.319 e. The molecule has 0 bridgehead atoms. The molecule has 26 heavy (non-hydrogen) atoms. The lowest BCUT2D eigenvalue weighted by Crippen LogP contribution is -1.89. The van der Waals surface area contributed by atoms with Gasteiger partial charge < -0.3 is 9.05 Å². The Bertz CT molecular complexity index is 285. The van der Waals surface area contributed by atoms with E-state index in [9.17, 15) is 4.57 Å². The quantitative estimate of drug-likeness (QED) is 0.137. The number of hydrogen-bond donors (Lipinski definition) is 0. The Kier molecular flexibility index (Phi) is 23.3. The van der Waals surface area contributed by atoms with Gasteiger partial charge in [0.1, 0.15) is 0 Å². The summed E-state index contributed by atoms with van der Waals surface area (Å²) in [6.07, 6.45) is 24.8. The van der Waals surface area contributed by atoms with E-state index in [1.54, 1.807) is 0 Å². The van der Waals surface area contributed by atoms with Crippen molar-refractivity contribution in [3.05, 3.63) is 0 Å². The monoisotopic (exact) mass is 390 g/mol. The summed E-state index contributed by atoms with van der Waals surface area (Å²) in [5.41, 5.74) is 0. The Morgan fingerprint density at radius 1 is 0.500 bits per heavy atom. The van der Waals surface area contributed by atoms with Gasteiger partial charge in [0.2, 0.25) is 0 Å². The van der Waals surface area contributed by atoms with Gasteiger partial charge in [-0.2, -0.15) is 0 Å². The molecule has 0 saturated carbocycles. The van der Waals surface area contributed by atoms with Crippen molar-refractivity contribution in [1.82, 2.24) is 0 Å². The third-order valence-corrected chi connectivity index (χ3v) is 5.94. The van der Waals surface area contributed by atoms with Gasteiger partial charge in [-0.25, -0.2) is 0 Å². The standard InChI is InChI=1S/C22H47O3P/c1-3-5-6-7-8-9-10-11-12-13-14-15-16-17-18-19-20-21-22-25-26(23)24-4-2/h26H,3-22H2,1-2H3. The molecule has 0 aliphatic carbocycles. The number of rotatable bonds is 22. The summed E-state index contributed by atoms with van der Waals surface area (Å²) in [5, 5.41) is 0. The molecule has 0 aromatic heterocycles. The maximum absolute atomic E-state index is 11.2. The van der Waals surface area contributed by atoms with E-state index in [-0.39, 0.29) is 0 Å². The van der Waals surface area contributed by atoms with Gasteiger partial charge in [0.05, 0.1) is 13.2 Å². The van der Waals surface area contributed by atoms with E-state index in [1.165, 1.54) is 109 Å². The van der Waals surface area contributed by atoms with Crippen LogP contribution in [-0.2, 0) is 13.6 Å². The number of unbranched alkanes of at least 4 members (excludes halogenated alkanes) is 17. The van der Waals surface area contributed by atoms with Gasteiger partial charge in [-0.05, 0) is 13.3 Å². The molecule has 0 aromatic rings. The van der Waals surface area contributed by atoms with Gasteiger partial charge in [-0.15, -0.1) is 0 Å². The summed E-state index contributed by atoms with van der Waals surface area (Å²) >= 11 is 0. The molecule has 1 unspecified atom stereocenters. The summed E-state index contributed by atoms with van der Waals surface area (Å²) in [4.78, 5) is 0. The lowest BCUT2D eigenvalue weighted by molar-refractivity contribution is 0.229. The van der Waals surface area contributed by atoms with Crippen molar-refractivity contribution < 1.29 is 13.6 Å². The molecule has 0 radical (unpaired) electrons. The van der Waals surface area contributed by atoms with E-state index in [2.05, 4.69) is 6.92 Å². The molecule has 4 heteroatoms. The summed E-state index contributed by atoms with van der Waals surface area (Å²) in [6.45, 7) is 5.17. The van der Waals surface area contributed by atoms with E-state index in [0.29, 0.717) is 13.2 Å². The Morgan fingerprint density at radius 3 is 1.19 bits per heavy atom. The molecule has 0 saturated heterocycles. The molecule has 0 aliphatic rings. The zero-order valence-corrected chi connectivity index (χ0v) is 18.9. The van der Waals surface area contributed by atoms with Crippen LogP contribution in [0.15, 0.2) is 0 Å². The first-order chi connectivity index (χ1) is 12.8. The van der Waals surface area contributed by atoms with Crippen molar-refractivity contribution in [2.24, 2.45) is 0 Å². The molecule has 0 rings (SSSR count). The van der Waals surface area contributed by atoms with Crippen LogP contribution >= 0.6 is 8.25 Å². The smallest absolute Gasteiger partial charge is 0.311 e. The molecule has 0 heterocycles. The topological polar surface area (TPSA) is 35.5 Å².